The van der Waals surface area contributed by atoms with Crippen LogP contribution in [-0.4, -0.2) is 16.8 Å². The molecule has 0 aliphatic heterocycles. The molecule has 2 amide bonds. The maximum atomic E-state index is 12.7. The molecule has 0 atom stereocenters. The number of amides is 2. The smallest absolute Gasteiger partial charge is 0.267 e. The number of carbonyl (C=O) groups excluding carboxylic acids is 2. The number of anilines is 2. The van der Waals surface area contributed by atoms with E-state index in [0.717, 1.165) is 16.1 Å². The Morgan fingerprint density at radius 2 is 1.58 bits per heavy atom. The minimum absolute atomic E-state index is 0.151. The minimum Gasteiger partial charge on any atom is -0.326 e. The molecule has 1 aromatic heterocycles. The lowest BCUT2D eigenvalue weighted by Crippen LogP contribution is -2.14. The zero-order valence-corrected chi connectivity index (χ0v) is 15.6. The van der Waals surface area contributed by atoms with Gasteiger partial charge >= 0.3 is 0 Å². The summed E-state index contributed by atoms with van der Waals surface area (Å²) in [6.45, 7) is 5.14. The first-order valence-electron chi connectivity index (χ1n) is 8.17. The Hall–Kier alpha value is -2.99. The molecule has 1 heterocycles. The number of nitrogens with one attached hydrogen (secondary N) is 2. The molecule has 0 spiro atoms. The van der Waals surface area contributed by atoms with Crippen LogP contribution in [0.25, 0.3) is 10.6 Å². The third-order valence-electron chi connectivity index (χ3n) is 3.92. The van der Waals surface area contributed by atoms with Crippen molar-refractivity contribution in [1.82, 2.24) is 4.98 Å². The van der Waals surface area contributed by atoms with Gasteiger partial charge in [0.25, 0.3) is 5.91 Å². The molecule has 5 nitrogen and oxygen atoms in total. The van der Waals surface area contributed by atoms with Crippen LogP contribution in [0.5, 0.6) is 0 Å². The fourth-order valence-electron chi connectivity index (χ4n) is 2.59. The van der Waals surface area contributed by atoms with Gasteiger partial charge in [-0.25, -0.2) is 4.98 Å². The molecule has 3 rings (SSSR count). The second-order valence-corrected chi connectivity index (χ2v) is 6.91. The van der Waals surface area contributed by atoms with Gasteiger partial charge < -0.3 is 10.6 Å². The number of thiazole rings is 1. The van der Waals surface area contributed by atoms with E-state index in [4.69, 9.17) is 0 Å². The van der Waals surface area contributed by atoms with Crippen molar-refractivity contribution in [1.29, 1.82) is 0 Å². The molecular weight excluding hydrogens is 346 g/mol. The fourth-order valence-corrected chi connectivity index (χ4v) is 3.55. The van der Waals surface area contributed by atoms with Crippen LogP contribution in [0.1, 0.15) is 27.9 Å². The van der Waals surface area contributed by atoms with Crippen molar-refractivity contribution in [3.05, 3.63) is 64.7 Å². The van der Waals surface area contributed by atoms with Gasteiger partial charge in [0.15, 0.2) is 0 Å². The van der Waals surface area contributed by atoms with E-state index >= 15 is 0 Å². The molecule has 2 aromatic carbocycles. The Morgan fingerprint density at radius 3 is 2.23 bits per heavy atom. The summed E-state index contributed by atoms with van der Waals surface area (Å²) in [4.78, 5) is 29.1. The van der Waals surface area contributed by atoms with Crippen molar-refractivity contribution in [3.63, 3.8) is 0 Å². The largest absolute Gasteiger partial charge is 0.326 e. The van der Waals surface area contributed by atoms with Gasteiger partial charge in [0, 0.05) is 23.9 Å². The number of rotatable bonds is 4. The number of benzene rings is 2. The summed E-state index contributed by atoms with van der Waals surface area (Å²) in [5.41, 5.74) is 3.84. The predicted molar refractivity (Wildman–Crippen MR) is 106 cm³/mol. The molecule has 0 aliphatic carbocycles. The van der Waals surface area contributed by atoms with Gasteiger partial charge in [-0.3, -0.25) is 9.59 Å². The van der Waals surface area contributed by atoms with Crippen LogP contribution in [0, 0.1) is 13.8 Å². The monoisotopic (exact) mass is 365 g/mol. The molecule has 0 radical (unpaired) electrons. The quantitative estimate of drug-likeness (QED) is 0.708. The molecular formula is C20H19N3O2S. The van der Waals surface area contributed by atoms with E-state index in [9.17, 15) is 9.59 Å². The normalized spacial score (nSPS) is 10.4. The molecule has 0 bridgehead atoms. The van der Waals surface area contributed by atoms with Crippen LogP contribution in [-0.2, 0) is 4.79 Å². The lowest BCUT2D eigenvalue weighted by molar-refractivity contribution is -0.114. The molecule has 6 heteroatoms. The van der Waals surface area contributed by atoms with E-state index in [1.807, 2.05) is 50.2 Å². The Balaban J connectivity index is 1.85. The molecule has 0 fully saturated rings. The average Bonchev–Trinajstić information content (AvgIpc) is 3.01. The van der Waals surface area contributed by atoms with Crippen molar-refractivity contribution in [2.75, 3.05) is 10.6 Å². The number of carbonyl (C=O) groups is 2. The second kappa shape index (κ2) is 7.49. The van der Waals surface area contributed by atoms with Crippen LogP contribution in [0.15, 0.2) is 48.5 Å². The summed E-state index contributed by atoms with van der Waals surface area (Å²) in [6, 6.07) is 15.2. The number of hydrogen-bond donors (Lipinski definition) is 2. The zero-order valence-electron chi connectivity index (χ0n) is 14.8. The number of nitrogens with zero attached hydrogens (tertiary/aromatic N) is 1. The molecule has 0 aliphatic rings. The maximum absolute atomic E-state index is 12.7. The highest BCUT2D eigenvalue weighted by atomic mass is 32.1. The summed E-state index contributed by atoms with van der Waals surface area (Å²) in [7, 11) is 0. The van der Waals surface area contributed by atoms with E-state index in [1.165, 1.54) is 18.3 Å². The van der Waals surface area contributed by atoms with Crippen molar-refractivity contribution >= 4 is 34.5 Å². The summed E-state index contributed by atoms with van der Waals surface area (Å²) in [5, 5.41) is 6.51. The van der Waals surface area contributed by atoms with Crippen LogP contribution in [0.3, 0.4) is 0 Å². The third kappa shape index (κ3) is 3.81. The number of aryl methyl sites for hydroxylation is 1. The average molecular weight is 365 g/mol. The highest BCUT2D eigenvalue weighted by molar-refractivity contribution is 7.17. The molecule has 0 unspecified atom stereocenters. The van der Waals surface area contributed by atoms with E-state index in [-0.39, 0.29) is 11.8 Å². The van der Waals surface area contributed by atoms with Gasteiger partial charge in [-0.05, 0) is 31.5 Å². The molecule has 0 saturated heterocycles. The Kier molecular flexibility index (Phi) is 5.14. The van der Waals surface area contributed by atoms with Gasteiger partial charge in [0.05, 0.1) is 5.69 Å². The third-order valence-corrected chi connectivity index (χ3v) is 5.12. The second-order valence-electron chi connectivity index (χ2n) is 5.91. The Bertz CT molecular complexity index is 964. The highest BCUT2D eigenvalue weighted by Gasteiger charge is 2.17. The van der Waals surface area contributed by atoms with Gasteiger partial charge in [-0.15, -0.1) is 11.3 Å². The van der Waals surface area contributed by atoms with E-state index in [0.29, 0.717) is 21.9 Å². The van der Waals surface area contributed by atoms with Gasteiger partial charge in [0.2, 0.25) is 5.91 Å². The molecule has 26 heavy (non-hydrogen) atoms. The Labute approximate surface area is 156 Å². The standard InChI is InChI=1S/C20H19N3O2S/c1-12-16(22-14(3)24)10-7-11-17(12)23-19(25)18-13(2)21-20(26-18)15-8-5-4-6-9-15/h4-11H,1-3H3,(H,22,24)(H,23,25). The SMILES string of the molecule is CC(=O)Nc1cccc(NC(=O)c2sc(-c3ccccc3)nc2C)c1C. The molecule has 2 N–H and O–H groups in total. The lowest BCUT2D eigenvalue weighted by atomic mass is 10.1. The van der Waals surface area contributed by atoms with Crippen molar-refractivity contribution in [2.45, 2.75) is 20.8 Å². The summed E-state index contributed by atoms with van der Waals surface area (Å²) < 4.78 is 0. The summed E-state index contributed by atoms with van der Waals surface area (Å²) in [6.07, 6.45) is 0. The van der Waals surface area contributed by atoms with Crippen molar-refractivity contribution in [2.24, 2.45) is 0 Å². The van der Waals surface area contributed by atoms with Gasteiger partial charge in [-0.1, -0.05) is 36.4 Å². The van der Waals surface area contributed by atoms with Gasteiger partial charge in [0.1, 0.15) is 9.88 Å². The lowest BCUT2D eigenvalue weighted by Gasteiger charge is -2.12. The van der Waals surface area contributed by atoms with Crippen LogP contribution >= 0.6 is 11.3 Å². The number of aromatic nitrogens is 1. The van der Waals surface area contributed by atoms with E-state index < -0.39 is 0 Å². The molecule has 132 valence electrons. The fraction of sp³-hybridized carbons (Fsp3) is 0.150. The van der Waals surface area contributed by atoms with Crippen LogP contribution in [0.4, 0.5) is 11.4 Å². The van der Waals surface area contributed by atoms with Crippen LogP contribution in [0.2, 0.25) is 0 Å². The first-order valence-corrected chi connectivity index (χ1v) is 8.98. The van der Waals surface area contributed by atoms with Crippen molar-refractivity contribution in [3.8, 4) is 10.6 Å². The molecule has 0 saturated carbocycles. The van der Waals surface area contributed by atoms with E-state index in [1.54, 1.807) is 12.1 Å². The first kappa shape index (κ1) is 17.8. The number of hydrogen-bond acceptors (Lipinski definition) is 4. The summed E-state index contributed by atoms with van der Waals surface area (Å²) in [5.74, 6) is -0.354. The highest BCUT2D eigenvalue weighted by Crippen LogP contribution is 2.29. The minimum atomic E-state index is -0.203. The first-order chi connectivity index (χ1) is 12.5. The summed E-state index contributed by atoms with van der Waals surface area (Å²) >= 11 is 1.37. The van der Waals surface area contributed by atoms with E-state index in [2.05, 4.69) is 15.6 Å². The topological polar surface area (TPSA) is 71.1 Å². The van der Waals surface area contributed by atoms with Crippen LogP contribution < -0.4 is 10.6 Å². The molecule has 3 aromatic rings. The van der Waals surface area contributed by atoms with Gasteiger partial charge in [-0.2, -0.15) is 0 Å². The zero-order chi connectivity index (χ0) is 18.7. The predicted octanol–water partition coefficient (Wildman–Crippen LogP) is 4.64. The Morgan fingerprint density at radius 1 is 0.923 bits per heavy atom. The van der Waals surface area contributed by atoms with Crippen molar-refractivity contribution < 1.29 is 9.59 Å². The maximum Gasteiger partial charge on any atom is 0.267 e.